The third-order valence-corrected chi connectivity index (χ3v) is 5.95. The molecule has 0 radical (unpaired) electrons. The molecule has 2 fully saturated rings. The van der Waals surface area contributed by atoms with Crippen LogP contribution in [-0.4, -0.2) is 38.0 Å². The Bertz CT molecular complexity index is 406. The van der Waals surface area contributed by atoms with Gasteiger partial charge >= 0.3 is 0 Å². The average molecular weight is 259 g/mol. The molecule has 0 spiro atoms. The molecule has 6 heteroatoms. The van der Waals surface area contributed by atoms with Gasteiger partial charge < -0.3 is 11.1 Å². The van der Waals surface area contributed by atoms with E-state index in [2.05, 4.69) is 10.3 Å². The first-order valence-corrected chi connectivity index (χ1v) is 8.08. The first-order chi connectivity index (χ1) is 7.93. The van der Waals surface area contributed by atoms with E-state index >= 15 is 0 Å². The molecular weight excluding hydrogens is 238 g/mol. The van der Waals surface area contributed by atoms with Crippen LogP contribution in [0.4, 0.5) is 0 Å². The Balaban J connectivity index is 1.88. The normalized spacial score (nSPS) is 24.9. The monoisotopic (exact) mass is 259 g/mol. The van der Waals surface area contributed by atoms with E-state index in [0.717, 1.165) is 12.8 Å². The van der Waals surface area contributed by atoms with Crippen molar-refractivity contribution in [3.63, 3.8) is 0 Å². The lowest BCUT2D eigenvalue weighted by molar-refractivity contribution is 0.582. The van der Waals surface area contributed by atoms with Crippen molar-refractivity contribution in [1.82, 2.24) is 5.32 Å². The fraction of sp³-hybridized carbons (Fsp3) is 0.909. The zero-order valence-electron chi connectivity index (χ0n) is 10.3. The van der Waals surface area contributed by atoms with Crippen LogP contribution in [0.1, 0.15) is 38.5 Å². The number of nitrogens with one attached hydrogen (secondary N) is 1. The maximum atomic E-state index is 11.5. The molecule has 0 aromatic rings. The van der Waals surface area contributed by atoms with Gasteiger partial charge in [0, 0.05) is 12.3 Å². The summed E-state index contributed by atoms with van der Waals surface area (Å²) in [6.45, 7) is 0.303. The van der Waals surface area contributed by atoms with Gasteiger partial charge in [-0.15, -0.1) is 0 Å². The number of sulfone groups is 1. The Hall–Kier alpha value is -0.780. The lowest BCUT2D eigenvalue weighted by Crippen LogP contribution is -2.39. The second-order valence-electron chi connectivity index (χ2n) is 5.28. The minimum absolute atomic E-state index is 0.303. The minimum Gasteiger partial charge on any atom is -0.370 e. The molecule has 98 valence electrons. The Labute approximate surface area is 103 Å². The van der Waals surface area contributed by atoms with Crippen LogP contribution < -0.4 is 11.1 Å². The summed E-state index contributed by atoms with van der Waals surface area (Å²) in [6.07, 6.45) is 7.45. The number of aliphatic imine (C=N–C) groups is 1. The number of hydrogen-bond acceptors (Lipinski definition) is 3. The molecule has 0 heterocycles. The predicted octanol–water partition coefficient (Wildman–Crippen LogP) is 0.411. The van der Waals surface area contributed by atoms with Gasteiger partial charge in [-0.05, 0) is 25.7 Å². The molecule has 0 atom stereocenters. The number of hydrogen-bond donors (Lipinski definition) is 2. The first kappa shape index (κ1) is 12.7. The summed E-state index contributed by atoms with van der Waals surface area (Å²) in [6, 6.07) is 0.423. The van der Waals surface area contributed by atoms with Crippen LogP contribution in [0.3, 0.4) is 0 Å². The summed E-state index contributed by atoms with van der Waals surface area (Å²) in [7, 11) is -3.00. The lowest BCUT2D eigenvalue weighted by Gasteiger charge is -2.14. The van der Waals surface area contributed by atoms with Gasteiger partial charge in [0.2, 0.25) is 0 Å². The predicted molar refractivity (Wildman–Crippen MR) is 68.7 cm³/mol. The van der Waals surface area contributed by atoms with Gasteiger partial charge in [-0.3, -0.25) is 4.99 Å². The largest absolute Gasteiger partial charge is 0.370 e. The zero-order chi connectivity index (χ0) is 12.5. The van der Waals surface area contributed by atoms with Gasteiger partial charge in [0.05, 0.1) is 11.3 Å². The molecule has 2 aliphatic carbocycles. The highest BCUT2D eigenvalue weighted by molar-refractivity contribution is 7.92. The summed E-state index contributed by atoms with van der Waals surface area (Å²) < 4.78 is 22.5. The van der Waals surface area contributed by atoms with Crippen LogP contribution in [0.5, 0.6) is 0 Å². The van der Waals surface area contributed by atoms with Gasteiger partial charge in [-0.1, -0.05) is 12.8 Å². The molecule has 0 unspecified atom stereocenters. The summed E-state index contributed by atoms with van der Waals surface area (Å²) in [5.41, 5.74) is 5.78. The second-order valence-corrected chi connectivity index (χ2v) is 7.69. The van der Waals surface area contributed by atoms with Crippen molar-refractivity contribution in [1.29, 1.82) is 0 Å². The van der Waals surface area contributed by atoms with Crippen molar-refractivity contribution >= 4 is 15.8 Å². The molecule has 2 rings (SSSR count). The van der Waals surface area contributed by atoms with Gasteiger partial charge in [-0.2, -0.15) is 0 Å². The molecule has 2 aliphatic rings. The number of rotatable bonds is 4. The topological polar surface area (TPSA) is 84.5 Å². The van der Waals surface area contributed by atoms with Gasteiger partial charge in [0.1, 0.15) is 0 Å². The standard InChI is InChI=1S/C11H21N3O2S/c1-17(15,16)11(6-7-11)8-13-10(12)14-9-4-2-3-5-9/h9H,2-8H2,1H3,(H3,12,13,14). The fourth-order valence-electron chi connectivity index (χ4n) is 2.34. The van der Waals surface area contributed by atoms with Crippen LogP contribution >= 0.6 is 0 Å². The van der Waals surface area contributed by atoms with Crippen LogP contribution in [0, 0.1) is 0 Å². The Kier molecular flexibility index (Phi) is 3.34. The van der Waals surface area contributed by atoms with E-state index in [1.807, 2.05) is 0 Å². The fourth-order valence-corrected chi connectivity index (χ4v) is 3.48. The Morgan fingerprint density at radius 1 is 1.41 bits per heavy atom. The number of nitrogens with two attached hydrogens (primary N) is 1. The summed E-state index contributed by atoms with van der Waals surface area (Å²) in [5, 5.41) is 3.16. The summed E-state index contributed by atoms with van der Waals surface area (Å²) in [4.78, 5) is 4.19. The van der Waals surface area contributed by atoms with Crippen molar-refractivity contribution in [2.45, 2.75) is 49.3 Å². The molecule has 0 bridgehead atoms. The van der Waals surface area contributed by atoms with E-state index in [9.17, 15) is 8.42 Å². The molecule has 17 heavy (non-hydrogen) atoms. The average Bonchev–Trinajstić information content (AvgIpc) is 2.88. The third-order valence-electron chi connectivity index (χ3n) is 3.84. The molecular formula is C11H21N3O2S. The molecule has 2 saturated carbocycles. The number of nitrogens with zero attached hydrogens (tertiary/aromatic N) is 1. The van der Waals surface area contributed by atoms with E-state index in [1.165, 1.54) is 19.1 Å². The maximum absolute atomic E-state index is 11.5. The lowest BCUT2D eigenvalue weighted by atomic mass is 10.2. The van der Waals surface area contributed by atoms with Crippen LogP contribution in [0.2, 0.25) is 0 Å². The van der Waals surface area contributed by atoms with E-state index in [4.69, 9.17) is 5.73 Å². The first-order valence-electron chi connectivity index (χ1n) is 6.19. The Morgan fingerprint density at radius 3 is 2.47 bits per heavy atom. The minimum atomic E-state index is -3.00. The van der Waals surface area contributed by atoms with Gasteiger partial charge in [0.15, 0.2) is 15.8 Å². The highest BCUT2D eigenvalue weighted by Crippen LogP contribution is 2.43. The molecule has 0 aromatic carbocycles. The van der Waals surface area contributed by atoms with Gasteiger partial charge in [-0.25, -0.2) is 8.42 Å². The van der Waals surface area contributed by atoms with Crippen molar-refractivity contribution in [3.05, 3.63) is 0 Å². The SMILES string of the molecule is CS(=O)(=O)C1(CN=C(N)NC2CCCC2)CC1. The summed E-state index contributed by atoms with van der Waals surface area (Å²) in [5.74, 6) is 0.395. The molecule has 0 saturated heterocycles. The number of guanidine groups is 1. The van der Waals surface area contributed by atoms with Crippen molar-refractivity contribution < 1.29 is 8.42 Å². The smallest absolute Gasteiger partial charge is 0.188 e. The van der Waals surface area contributed by atoms with Crippen LogP contribution in [0.15, 0.2) is 4.99 Å². The highest BCUT2D eigenvalue weighted by Gasteiger charge is 2.51. The van der Waals surface area contributed by atoms with Crippen LogP contribution in [-0.2, 0) is 9.84 Å². The van der Waals surface area contributed by atoms with Crippen molar-refractivity contribution in [3.8, 4) is 0 Å². The van der Waals surface area contributed by atoms with E-state index in [1.54, 1.807) is 0 Å². The molecule has 3 N–H and O–H groups in total. The van der Waals surface area contributed by atoms with Crippen molar-refractivity contribution in [2.75, 3.05) is 12.8 Å². The van der Waals surface area contributed by atoms with Crippen molar-refractivity contribution in [2.24, 2.45) is 10.7 Å². The molecule has 5 nitrogen and oxygen atoms in total. The molecule has 0 aliphatic heterocycles. The molecule has 0 aromatic heterocycles. The van der Waals surface area contributed by atoms with E-state index in [0.29, 0.717) is 31.4 Å². The highest BCUT2D eigenvalue weighted by atomic mass is 32.2. The molecule has 0 amide bonds. The summed E-state index contributed by atoms with van der Waals surface area (Å²) >= 11 is 0. The van der Waals surface area contributed by atoms with Gasteiger partial charge in [0.25, 0.3) is 0 Å². The van der Waals surface area contributed by atoms with E-state index < -0.39 is 14.6 Å². The van der Waals surface area contributed by atoms with E-state index in [-0.39, 0.29) is 0 Å². The Morgan fingerprint density at radius 2 is 2.00 bits per heavy atom. The second kappa shape index (κ2) is 4.48. The quantitative estimate of drug-likeness (QED) is 0.566. The zero-order valence-corrected chi connectivity index (χ0v) is 11.1. The maximum Gasteiger partial charge on any atom is 0.188 e. The van der Waals surface area contributed by atoms with Crippen LogP contribution in [0.25, 0.3) is 0 Å². The third kappa shape index (κ3) is 2.91.